The zero-order chi connectivity index (χ0) is 12.1. The van der Waals surface area contributed by atoms with Crippen molar-refractivity contribution in [2.45, 2.75) is 44.4 Å². The van der Waals surface area contributed by atoms with Crippen LogP contribution in [0.25, 0.3) is 0 Å². The minimum atomic E-state index is -0.223. The lowest BCUT2D eigenvalue weighted by Gasteiger charge is -2.30. The number of benzene rings is 1. The molecule has 0 unspecified atom stereocenters. The molecule has 0 amide bonds. The maximum atomic E-state index is 9.96. The molecule has 1 aliphatic rings. The maximum Gasteiger partial charge on any atom is 0.0741 e. The number of ether oxygens (including phenoxy) is 1. The van der Waals surface area contributed by atoms with Crippen molar-refractivity contribution in [2.24, 2.45) is 0 Å². The molecule has 0 aliphatic heterocycles. The minimum absolute atomic E-state index is 0.182. The van der Waals surface area contributed by atoms with Gasteiger partial charge in [-0.2, -0.15) is 0 Å². The standard InChI is InChI=1S/C14H21NO2/c1-17-10-11-6-2-3-7-12(11)15-13-8-4-5-9-14(13)16/h2-3,6-7,13-16H,4-5,8-10H2,1H3/t13-,14-/m0/s1. The molecule has 2 N–H and O–H groups in total. The van der Waals surface area contributed by atoms with Gasteiger partial charge in [-0.3, -0.25) is 0 Å². The molecule has 1 saturated carbocycles. The number of rotatable bonds is 4. The van der Waals surface area contributed by atoms with Crippen LogP contribution >= 0.6 is 0 Å². The normalized spacial score (nSPS) is 24.6. The molecule has 0 spiro atoms. The summed E-state index contributed by atoms with van der Waals surface area (Å²) >= 11 is 0. The fourth-order valence-electron chi connectivity index (χ4n) is 2.42. The molecule has 1 aromatic carbocycles. The Morgan fingerprint density at radius 1 is 1.29 bits per heavy atom. The highest BCUT2D eigenvalue weighted by molar-refractivity contribution is 5.51. The van der Waals surface area contributed by atoms with Crippen molar-refractivity contribution in [2.75, 3.05) is 12.4 Å². The summed E-state index contributed by atoms with van der Waals surface area (Å²) in [6, 6.07) is 8.31. The number of aliphatic hydroxyl groups excluding tert-OH is 1. The number of nitrogens with one attached hydrogen (secondary N) is 1. The van der Waals surface area contributed by atoms with Gasteiger partial charge in [-0.25, -0.2) is 0 Å². The van der Waals surface area contributed by atoms with Crippen LogP contribution in [0.5, 0.6) is 0 Å². The lowest BCUT2D eigenvalue weighted by atomic mass is 9.92. The first-order chi connectivity index (χ1) is 8.31. The molecule has 1 aromatic rings. The van der Waals surface area contributed by atoms with Gasteiger partial charge in [0.2, 0.25) is 0 Å². The van der Waals surface area contributed by atoms with Crippen LogP contribution in [-0.2, 0) is 11.3 Å². The number of methoxy groups -OCH3 is 1. The zero-order valence-electron chi connectivity index (χ0n) is 10.4. The van der Waals surface area contributed by atoms with Gasteiger partial charge in [0.1, 0.15) is 0 Å². The molecule has 0 radical (unpaired) electrons. The molecule has 3 nitrogen and oxygen atoms in total. The van der Waals surface area contributed by atoms with Crippen molar-refractivity contribution < 1.29 is 9.84 Å². The Kier molecular flexibility index (Phi) is 4.40. The van der Waals surface area contributed by atoms with Crippen LogP contribution in [0.2, 0.25) is 0 Å². The Morgan fingerprint density at radius 2 is 2.06 bits per heavy atom. The van der Waals surface area contributed by atoms with E-state index in [1.807, 2.05) is 12.1 Å². The molecule has 2 rings (SSSR count). The second kappa shape index (κ2) is 6.03. The van der Waals surface area contributed by atoms with Crippen molar-refractivity contribution >= 4 is 5.69 Å². The van der Waals surface area contributed by atoms with Crippen LogP contribution in [0.4, 0.5) is 5.69 Å². The summed E-state index contributed by atoms with van der Waals surface area (Å²) in [5, 5.41) is 13.4. The molecule has 0 bridgehead atoms. The predicted molar refractivity (Wildman–Crippen MR) is 69.0 cm³/mol. The molecule has 1 fully saturated rings. The average Bonchev–Trinajstić information content (AvgIpc) is 2.35. The summed E-state index contributed by atoms with van der Waals surface area (Å²) in [7, 11) is 1.70. The van der Waals surface area contributed by atoms with E-state index >= 15 is 0 Å². The van der Waals surface area contributed by atoms with Crippen LogP contribution in [0.15, 0.2) is 24.3 Å². The smallest absolute Gasteiger partial charge is 0.0741 e. The van der Waals surface area contributed by atoms with Crippen molar-refractivity contribution in [3.63, 3.8) is 0 Å². The third-order valence-corrected chi connectivity index (χ3v) is 3.39. The van der Waals surface area contributed by atoms with Crippen LogP contribution in [0.1, 0.15) is 31.2 Å². The number of hydrogen-bond donors (Lipinski definition) is 2. The molecule has 94 valence electrons. The third-order valence-electron chi connectivity index (χ3n) is 3.39. The number of aliphatic hydroxyl groups is 1. The lowest BCUT2D eigenvalue weighted by Crippen LogP contribution is -2.36. The summed E-state index contributed by atoms with van der Waals surface area (Å²) in [6.45, 7) is 0.603. The molecule has 0 heterocycles. The predicted octanol–water partition coefficient (Wildman–Crippen LogP) is 2.55. The first-order valence-electron chi connectivity index (χ1n) is 6.32. The van der Waals surface area contributed by atoms with E-state index in [0.717, 1.165) is 30.5 Å². The summed E-state index contributed by atoms with van der Waals surface area (Å²) in [6.07, 6.45) is 4.06. The van der Waals surface area contributed by atoms with Crippen molar-refractivity contribution in [3.05, 3.63) is 29.8 Å². The van der Waals surface area contributed by atoms with Gasteiger partial charge in [0.15, 0.2) is 0 Å². The van der Waals surface area contributed by atoms with Gasteiger partial charge in [-0.1, -0.05) is 31.0 Å². The van der Waals surface area contributed by atoms with Crippen molar-refractivity contribution in [1.82, 2.24) is 0 Å². The van der Waals surface area contributed by atoms with Gasteiger partial charge >= 0.3 is 0 Å². The summed E-state index contributed by atoms with van der Waals surface area (Å²) in [4.78, 5) is 0. The average molecular weight is 235 g/mol. The zero-order valence-corrected chi connectivity index (χ0v) is 10.4. The monoisotopic (exact) mass is 235 g/mol. The minimum Gasteiger partial charge on any atom is -0.391 e. The number of anilines is 1. The fraction of sp³-hybridized carbons (Fsp3) is 0.571. The van der Waals surface area contributed by atoms with E-state index in [2.05, 4.69) is 17.4 Å². The SMILES string of the molecule is COCc1ccccc1N[C@H]1CCCC[C@@H]1O. The van der Waals surface area contributed by atoms with Crippen LogP contribution in [-0.4, -0.2) is 24.4 Å². The van der Waals surface area contributed by atoms with Gasteiger partial charge in [0, 0.05) is 18.4 Å². The van der Waals surface area contributed by atoms with E-state index in [4.69, 9.17) is 4.74 Å². The highest BCUT2D eigenvalue weighted by Crippen LogP contribution is 2.24. The van der Waals surface area contributed by atoms with Gasteiger partial charge < -0.3 is 15.2 Å². The van der Waals surface area contributed by atoms with Gasteiger partial charge in [0.25, 0.3) is 0 Å². The molecule has 2 atom stereocenters. The Balaban J connectivity index is 2.06. The quantitative estimate of drug-likeness (QED) is 0.842. The molecule has 0 aromatic heterocycles. The highest BCUT2D eigenvalue weighted by atomic mass is 16.5. The van der Waals surface area contributed by atoms with E-state index in [9.17, 15) is 5.11 Å². The second-order valence-electron chi connectivity index (χ2n) is 4.69. The molecule has 3 heteroatoms. The van der Waals surface area contributed by atoms with E-state index in [1.165, 1.54) is 6.42 Å². The van der Waals surface area contributed by atoms with E-state index in [-0.39, 0.29) is 12.1 Å². The van der Waals surface area contributed by atoms with Crippen LogP contribution in [0.3, 0.4) is 0 Å². The van der Waals surface area contributed by atoms with E-state index in [1.54, 1.807) is 7.11 Å². The van der Waals surface area contributed by atoms with Crippen molar-refractivity contribution in [3.8, 4) is 0 Å². The van der Waals surface area contributed by atoms with Gasteiger partial charge in [-0.15, -0.1) is 0 Å². The number of hydrogen-bond acceptors (Lipinski definition) is 3. The molecular weight excluding hydrogens is 214 g/mol. The van der Waals surface area contributed by atoms with Crippen LogP contribution < -0.4 is 5.32 Å². The third kappa shape index (κ3) is 3.20. The molecule has 0 saturated heterocycles. The second-order valence-corrected chi connectivity index (χ2v) is 4.69. The highest BCUT2D eigenvalue weighted by Gasteiger charge is 2.23. The molecule has 1 aliphatic carbocycles. The largest absolute Gasteiger partial charge is 0.391 e. The number of para-hydroxylation sites is 1. The Hall–Kier alpha value is -1.06. The topological polar surface area (TPSA) is 41.5 Å². The van der Waals surface area contributed by atoms with E-state index in [0.29, 0.717) is 6.61 Å². The fourth-order valence-corrected chi connectivity index (χ4v) is 2.42. The Morgan fingerprint density at radius 3 is 2.82 bits per heavy atom. The van der Waals surface area contributed by atoms with Gasteiger partial charge in [-0.05, 0) is 18.9 Å². The van der Waals surface area contributed by atoms with Crippen LogP contribution in [0, 0.1) is 0 Å². The molecule has 17 heavy (non-hydrogen) atoms. The molecular formula is C14H21NO2. The Labute approximate surface area is 103 Å². The summed E-state index contributed by atoms with van der Waals surface area (Å²) < 4.78 is 5.18. The van der Waals surface area contributed by atoms with E-state index < -0.39 is 0 Å². The lowest BCUT2D eigenvalue weighted by molar-refractivity contribution is 0.116. The maximum absolute atomic E-state index is 9.96. The first kappa shape index (κ1) is 12.4. The van der Waals surface area contributed by atoms with Gasteiger partial charge in [0.05, 0.1) is 18.8 Å². The Bertz CT molecular complexity index is 354. The summed E-state index contributed by atoms with van der Waals surface area (Å²) in [5.74, 6) is 0. The first-order valence-corrected chi connectivity index (χ1v) is 6.32. The van der Waals surface area contributed by atoms with Crippen molar-refractivity contribution in [1.29, 1.82) is 0 Å². The summed E-state index contributed by atoms with van der Waals surface area (Å²) in [5.41, 5.74) is 2.23.